The van der Waals surface area contributed by atoms with Crippen LogP contribution in [0.1, 0.15) is 24.6 Å². The summed E-state index contributed by atoms with van der Waals surface area (Å²) in [6.45, 7) is 4.03. The van der Waals surface area contributed by atoms with Gasteiger partial charge in [-0.15, -0.1) is 0 Å². The summed E-state index contributed by atoms with van der Waals surface area (Å²) in [6.07, 6.45) is 1.24. The van der Waals surface area contributed by atoms with Gasteiger partial charge < -0.3 is 19.3 Å². The first-order valence-electron chi connectivity index (χ1n) is 7.43. The van der Waals surface area contributed by atoms with Gasteiger partial charge in [-0.3, -0.25) is 9.69 Å². The number of nitrogens with zero attached hydrogens (tertiary/aromatic N) is 4. The fraction of sp³-hybridized carbons (Fsp3) is 0.786. The maximum absolute atomic E-state index is 12.5. The predicted octanol–water partition coefficient (Wildman–Crippen LogP) is -0.190. The number of likely N-dealkylation sites (tertiary alicyclic amines) is 1. The molecule has 1 atom stereocenters. The van der Waals surface area contributed by atoms with E-state index in [2.05, 4.69) is 10.1 Å². The van der Waals surface area contributed by atoms with Crippen molar-refractivity contribution < 1.29 is 19.2 Å². The normalized spacial score (nSPS) is 22.6. The van der Waals surface area contributed by atoms with Gasteiger partial charge in [0.25, 0.3) is 5.91 Å². The van der Waals surface area contributed by atoms with Crippen molar-refractivity contribution in [3.63, 3.8) is 0 Å². The number of aryl methyl sites for hydroxylation is 1. The summed E-state index contributed by atoms with van der Waals surface area (Å²) in [7, 11) is 3.42. The molecule has 0 bridgehead atoms. The maximum atomic E-state index is 12.5. The van der Waals surface area contributed by atoms with E-state index in [4.69, 9.17) is 9.26 Å². The van der Waals surface area contributed by atoms with Crippen LogP contribution >= 0.6 is 0 Å². The summed E-state index contributed by atoms with van der Waals surface area (Å²) < 4.78 is 9.93. The Morgan fingerprint density at radius 3 is 2.95 bits per heavy atom. The molecule has 8 heteroatoms. The van der Waals surface area contributed by atoms with Crippen molar-refractivity contribution in [2.75, 3.05) is 40.4 Å². The zero-order chi connectivity index (χ0) is 16.2. The number of aliphatic hydroxyl groups is 1. The van der Waals surface area contributed by atoms with Crippen LogP contribution in [0.3, 0.4) is 0 Å². The monoisotopic (exact) mass is 312 g/mol. The number of hydrogen-bond donors (Lipinski definition) is 1. The molecule has 0 unspecified atom stereocenters. The third-order valence-electron chi connectivity index (χ3n) is 3.78. The molecule has 1 aliphatic heterocycles. The Balaban J connectivity index is 1.95. The number of carbonyl (C=O) groups excluding carboxylic acids is 1. The summed E-state index contributed by atoms with van der Waals surface area (Å²) >= 11 is 0. The van der Waals surface area contributed by atoms with Crippen LogP contribution in [-0.4, -0.2) is 77.0 Å². The second kappa shape index (κ2) is 7.17. The lowest BCUT2D eigenvalue weighted by atomic mass is 9.91. The van der Waals surface area contributed by atoms with Gasteiger partial charge in [0, 0.05) is 33.7 Å². The molecule has 1 aromatic heterocycles. The average molecular weight is 312 g/mol. The number of rotatable bonds is 7. The Bertz CT molecular complexity index is 507. The van der Waals surface area contributed by atoms with Crippen molar-refractivity contribution in [3.05, 3.63) is 11.7 Å². The van der Waals surface area contributed by atoms with E-state index in [-0.39, 0.29) is 12.5 Å². The number of aromatic nitrogens is 2. The van der Waals surface area contributed by atoms with Crippen LogP contribution in [0.4, 0.5) is 0 Å². The van der Waals surface area contributed by atoms with Crippen LogP contribution in [-0.2, 0) is 16.1 Å². The number of ether oxygens (including phenoxy) is 1. The van der Waals surface area contributed by atoms with Crippen molar-refractivity contribution >= 4 is 5.91 Å². The third kappa shape index (κ3) is 4.02. The fourth-order valence-electron chi connectivity index (χ4n) is 2.78. The van der Waals surface area contributed by atoms with E-state index in [1.54, 1.807) is 18.9 Å². The minimum atomic E-state index is -1.36. The molecule has 2 rings (SSSR count). The average Bonchev–Trinajstić information content (AvgIpc) is 2.85. The largest absolute Gasteiger partial charge is 0.383 e. The van der Waals surface area contributed by atoms with Crippen LogP contribution in [0.5, 0.6) is 0 Å². The highest BCUT2D eigenvalue weighted by molar-refractivity contribution is 5.86. The van der Waals surface area contributed by atoms with E-state index >= 15 is 0 Å². The smallest absolute Gasteiger partial charge is 0.255 e. The summed E-state index contributed by atoms with van der Waals surface area (Å²) in [5, 5.41) is 14.5. The van der Waals surface area contributed by atoms with E-state index < -0.39 is 5.60 Å². The Morgan fingerprint density at radius 2 is 2.32 bits per heavy atom. The molecule has 1 amide bonds. The molecule has 0 spiro atoms. The van der Waals surface area contributed by atoms with Gasteiger partial charge in [-0.1, -0.05) is 5.16 Å². The third-order valence-corrected chi connectivity index (χ3v) is 3.78. The number of piperidine rings is 1. The first-order valence-corrected chi connectivity index (χ1v) is 7.43. The highest BCUT2D eigenvalue weighted by Crippen LogP contribution is 2.24. The topological polar surface area (TPSA) is 91.9 Å². The van der Waals surface area contributed by atoms with Gasteiger partial charge in [-0.25, -0.2) is 0 Å². The molecule has 0 aromatic carbocycles. The van der Waals surface area contributed by atoms with Crippen LogP contribution < -0.4 is 0 Å². The number of methoxy groups -OCH3 is 1. The summed E-state index contributed by atoms with van der Waals surface area (Å²) in [4.78, 5) is 20.1. The van der Waals surface area contributed by atoms with Crippen molar-refractivity contribution in [1.29, 1.82) is 0 Å². The van der Waals surface area contributed by atoms with Crippen LogP contribution in [0, 0.1) is 6.92 Å². The van der Waals surface area contributed by atoms with Gasteiger partial charge in [0.1, 0.15) is 0 Å². The second-order valence-corrected chi connectivity index (χ2v) is 5.82. The van der Waals surface area contributed by atoms with E-state index in [9.17, 15) is 9.90 Å². The Morgan fingerprint density at radius 1 is 1.55 bits per heavy atom. The molecule has 0 aliphatic carbocycles. The number of amides is 1. The predicted molar refractivity (Wildman–Crippen MR) is 78.0 cm³/mol. The molecule has 1 aromatic rings. The Labute approximate surface area is 130 Å². The van der Waals surface area contributed by atoms with E-state index in [1.165, 1.54) is 0 Å². The summed E-state index contributed by atoms with van der Waals surface area (Å²) in [5.74, 6) is 0.816. The maximum Gasteiger partial charge on any atom is 0.255 e. The highest BCUT2D eigenvalue weighted by Gasteiger charge is 2.42. The molecule has 0 saturated carbocycles. The lowest BCUT2D eigenvalue weighted by Crippen LogP contribution is -2.58. The van der Waals surface area contributed by atoms with Crippen LogP contribution in [0.25, 0.3) is 0 Å². The molecule has 22 heavy (non-hydrogen) atoms. The molecule has 0 radical (unpaired) electrons. The standard InChI is InChI=1S/C14H24N4O4/c1-11-15-12(16-22-11)9-17(2)10-14(20)5-4-6-18(13(14)19)7-8-21-3/h20H,4-10H2,1-3H3/t14-/m1/s1. The van der Waals surface area contributed by atoms with Gasteiger partial charge in [0.05, 0.1) is 13.2 Å². The molecular formula is C14H24N4O4. The first-order chi connectivity index (χ1) is 10.4. The second-order valence-electron chi connectivity index (χ2n) is 5.82. The van der Waals surface area contributed by atoms with Crippen molar-refractivity contribution in [2.24, 2.45) is 0 Å². The van der Waals surface area contributed by atoms with E-state index in [0.717, 1.165) is 6.42 Å². The Hall–Kier alpha value is -1.51. The SMILES string of the molecule is COCCN1CCC[C@@](O)(CN(C)Cc2noc(C)n2)C1=O. The Kier molecular flexibility index (Phi) is 5.49. The van der Waals surface area contributed by atoms with Gasteiger partial charge in [-0.2, -0.15) is 4.98 Å². The number of carbonyl (C=O) groups is 1. The molecule has 124 valence electrons. The first kappa shape index (κ1) is 16.9. The minimum Gasteiger partial charge on any atom is -0.383 e. The molecule has 1 N–H and O–H groups in total. The van der Waals surface area contributed by atoms with Gasteiger partial charge in [0.2, 0.25) is 5.89 Å². The van der Waals surface area contributed by atoms with E-state index in [0.29, 0.717) is 44.4 Å². The molecule has 8 nitrogen and oxygen atoms in total. The number of likely N-dealkylation sites (N-methyl/N-ethyl adjacent to an activating group) is 1. The van der Waals surface area contributed by atoms with Crippen molar-refractivity contribution in [1.82, 2.24) is 19.9 Å². The van der Waals surface area contributed by atoms with Crippen molar-refractivity contribution in [2.45, 2.75) is 31.9 Å². The van der Waals surface area contributed by atoms with Crippen LogP contribution in [0.2, 0.25) is 0 Å². The zero-order valence-electron chi connectivity index (χ0n) is 13.4. The summed E-state index contributed by atoms with van der Waals surface area (Å²) in [6, 6.07) is 0. The lowest BCUT2D eigenvalue weighted by molar-refractivity contribution is -0.160. The number of hydrogen-bond acceptors (Lipinski definition) is 7. The fourth-order valence-corrected chi connectivity index (χ4v) is 2.78. The molecule has 2 heterocycles. The van der Waals surface area contributed by atoms with Gasteiger partial charge >= 0.3 is 0 Å². The minimum absolute atomic E-state index is 0.230. The van der Waals surface area contributed by atoms with Gasteiger partial charge in [-0.05, 0) is 19.9 Å². The van der Waals surface area contributed by atoms with Crippen LogP contribution in [0.15, 0.2) is 4.52 Å². The summed E-state index contributed by atoms with van der Waals surface area (Å²) in [5.41, 5.74) is -1.36. The highest BCUT2D eigenvalue weighted by atomic mass is 16.5. The lowest BCUT2D eigenvalue weighted by Gasteiger charge is -2.39. The quantitative estimate of drug-likeness (QED) is 0.746. The van der Waals surface area contributed by atoms with Gasteiger partial charge in [0.15, 0.2) is 11.4 Å². The molecular weight excluding hydrogens is 288 g/mol. The molecule has 1 fully saturated rings. The molecule has 1 aliphatic rings. The van der Waals surface area contributed by atoms with Crippen molar-refractivity contribution in [3.8, 4) is 0 Å². The molecule has 1 saturated heterocycles. The zero-order valence-corrected chi connectivity index (χ0v) is 13.4. The van der Waals surface area contributed by atoms with E-state index in [1.807, 2.05) is 11.9 Å².